The van der Waals surface area contributed by atoms with Crippen LogP contribution in [0.3, 0.4) is 0 Å². The summed E-state index contributed by atoms with van der Waals surface area (Å²) in [6, 6.07) is 42.7. The molecule has 0 bridgehead atoms. The highest BCUT2D eigenvalue weighted by Gasteiger charge is 2.29. The molecule has 0 aliphatic rings. The highest BCUT2D eigenvalue weighted by molar-refractivity contribution is 7.85. The summed E-state index contributed by atoms with van der Waals surface area (Å²) in [6.07, 6.45) is 0. The Morgan fingerprint density at radius 2 is 0.900 bits per heavy atom. The Morgan fingerprint density at radius 1 is 0.400 bits per heavy atom. The lowest BCUT2D eigenvalue weighted by molar-refractivity contribution is 0.592. The molecule has 0 saturated carbocycles. The van der Waals surface area contributed by atoms with Gasteiger partial charge in [0.25, 0.3) is 0 Å². The van der Waals surface area contributed by atoms with Gasteiger partial charge < -0.3 is 4.57 Å². The first-order valence-corrected chi connectivity index (χ1v) is 11.8. The van der Waals surface area contributed by atoms with Gasteiger partial charge >= 0.3 is 0 Å². The quantitative estimate of drug-likeness (QED) is 0.329. The molecular formula is C28H21OP. The Bertz CT molecular complexity index is 1340. The van der Waals surface area contributed by atoms with Crippen molar-refractivity contribution in [3.63, 3.8) is 0 Å². The first kappa shape index (κ1) is 18.6. The van der Waals surface area contributed by atoms with Crippen molar-refractivity contribution < 1.29 is 4.57 Å². The Hall–Kier alpha value is -3.41. The van der Waals surface area contributed by atoms with Crippen LogP contribution in [0.4, 0.5) is 0 Å². The van der Waals surface area contributed by atoms with Crippen LogP contribution in [0.15, 0.2) is 127 Å². The van der Waals surface area contributed by atoms with Gasteiger partial charge in [0.2, 0.25) is 0 Å². The van der Waals surface area contributed by atoms with Crippen molar-refractivity contribution in [2.75, 3.05) is 0 Å². The molecule has 0 amide bonds. The highest BCUT2D eigenvalue weighted by Crippen LogP contribution is 2.43. The topological polar surface area (TPSA) is 17.1 Å². The third kappa shape index (κ3) is 3.28. The van der Waals surface area contributed by atoms with Crippen molar-refractivity contribution in [1.29, 1.82) is 0 Å². The van der Waals surface area contributed by atoms with E-state index in [4.69, 9.17) is 0 Å². The zero-order valence-corrected chi connectivity index (χ0v) is 17.4. The molecule has 0 spiro atoms. The van der Waals surface area contributed by atoms with E-state index in [9.17, 15) is 4.57 Å². The molecule has 5 aromatic carbocycles. The maximum absolute atomic E-state index is 14.7. The van der Waals surface area contributed by atoms with Gasteiger partial charge in [-0.05, 0) is 28.0 Å². The first-order valence-electron chi connectivity index (χ1n) is 10.1. The molecule has 1 unspecified atom stereocenters. The van der Waals surface area contributed by atoms with E-state index in [0.717, 1.165) is 37.8 Å². The lowest BCUT2D eigenvalue weighted by Crippen LogP contribution is -2.25. The fraction of sp³-hybridized carbons (Fsp3) is 0. The average Bonchev–Trinajstić information content (AvgIpc) is 2.84. The maximum atomic E-state index is 14.7. The molecular weight excluding hydrogens is 383 g/mol. The zero-order chi connectivity index (χ0) is 20.4. The molecule has 0 fully saturated rings. The van der Waals surface area contributed by atoms with Crippen molar-refractivity contribution in [3.05, 3.63) is 127 Å². The van der Waals surface area contributed by atoms with E-state index < -0.39 is 7.14 Å². The molecule has 5 aromatic rings. The van der Waals surface area contributed by atoms with Crippen LogP contribution in [-0.4, -0.2) is 0 Å². The van der Waals surface area contributed by atoms with Crippen LogP contribution in [0.5, 0.6) is 0 Å². The van der Waals surface area contributed by atoms with Gasteiger partial charge in [-0.2, -0.15) is 0 Å². The number of rotatable bonds is 4. The number of hydrogen-bond acceptors (Lipinski definition) is 1. The van der Waals surface area contributed by atoms with Gasteiger partial charge in [0.1, 0.15) is 0 Å². The second kappa shape index (κ2) is 7.78. The van der Waals surface area contributed by atoms with E-state index in [1.54, 1.807) is 0 Å². The third-order valence-corrected chi connectivity index (χ3v) is 8.61. The lowest BCUT2D eigenvalue weighted by Gasteiger charge is -2.21. The van der Waals surface area contributed by atoms with Crippen LogP contribution < -0.4 is 15.9 Å². The summed E-state index contributed by atoms with van der Waals surface area (Å²) in [6.45, 7) is 0. The van der Waals surface area contributed by atoms with Crippen LogP contribution >= 0.6 is 7.14 Å². The molecule has 5 rings (SSSR count). The predicted octanol–water partition coefficient (Wildman–Crippen LogP) is 6.15. The summed E-state index contributed by atoms with van der Waals surface area (Å²) in [4.78, 5) is 0. The van der Waals surface area contributed by atoms with Gasteiger partial charge in [-0.1, -0.05) is 121 Å². The molecule has 0 radical (unpaired) electrons. The Labute approximate surface area is 177 Å². The molecule has 0 heterocycles. The van der Waals surface area contributed by atoms with Gasteiger partial charge in [-0.3, -0.25) is 0 Å². The molecule has 0 aliphatic carbocycles. The molecule has 144 valence electrons. The molecule has 0 N–H and O–H groups in total. The summed E-state index contributed by atoms with van der Waals surface area (Å²) < 4.78 is 14.7. The molecule has 1 atom stereocenters. The van der Waals surface area contributed by atoms with Crippen LogP contribution in [0, 0.1) is 0 Å². The number of fused-ring (bicyclic) bond motifs is 1. The van der Waals surface area contributed by atoms with Crippen LogP contribution in [-0.2, 0) is 4.57 Å². The molecule has 1 nitrogen and oxygen atoms in total. The smallest absolute Gasteiger partial charge is 0.171 e. The van der Waals surface area contributed by atoms with Gasteiger partial charge in [0, 0.05) is 15.9 Å². The van der Waals surface area contributed by atoms with E-state index in [2.05, 4.69) is 48.5 Å². The molecule has 2 heteroatoms. The molecule has 0 aliphatic heterocycles. The fourth-order valence-electron chi connectivity index (χ4n) is 3.95. The first-order chi connectivity index (χ1) is 14.7. The number of benzene rings is 5. The van der Waals surface area contributed by atoms with Gasteiger partial charge in [-0.25, -0.2) is 0 Å². The van der Waals surface area contributed by atoms with Crippen molar-refractivity contribution in [3.8, 4) is 11.1 Å². The van der Waals surface area contributed by atoms with Crippen molar-refractivity contribution in [2.24, 2.45) is 0 Å². The summed E-state index contributed by atoms with van der Waals surface area (Å²) in [5.74, 6) is 0. The second-order valence-corrected chi connectivity index (χ2v) is 10.2. The SMILES string of the molecule is O=P(c1ccccc1)(c1ccc(-c2ccccc2)cc1)c1ccc2ccccc2c1. The summed E-state index contributed by atoms with van der Waals surface area (Å²) in [7, 11) is -2.99. The second-order valence-electron chi connectivity index (χ2n) is 7.39. The Kier molecular flexibility index (Phi) is 4.83. The van der Waals surface area contributed by atoms with Crippen molar-refractivity contribution in [2.45, 2.75) is 0 Å². The standard InChI is InChI=1S/C28H21OP/c29-30(26-13-5-2-6-14-26,28-20-17-23-11-7-8-12-25(23)21-28)27-18-15-24(16-19-27)22-9-3-1-4-10-22/h1-21H. The van der Waals surface area contributed by atoms with E-state index in [0.29, 0.717) is 0 Å². The minimum absolute atomic E-state index is 0.851. The van der Waals surface area contributed by atoms with Gasteiger partial charge in [0.05, 0.1) is 0 Å². The normalized spacial score (nSPS) is 13.1. The molecule has 0 aromatic heterocycles. The highest BCUT2D eigenvalue weighted by atomic mass is 31.2. The number of hydrogen-bond donors (Lipinski definition) is 0. The third-order valence-electron chi connectivity index (χ3n) is 5.55. The Balaban J connectivity index is 1.68. The summed E-state index contributed by atoms with van der Waals surface area (Å²) in [5, 5.41) is 4.82. The van der Waals surface area contributed by atoms with Crippen LogP contribution in [0.25, 0.3) is 21.9 Å². The fourth-order valence-corrected chi connectivity index (χ4v) is 6.61. The van der Waals surface area contributed by atoms with E-state index in [1.807, 2.05) is 78.9 Å². The summed E-state index contributed by atoms with van der Waals surface area (Å²) in [5.41, 5.74) is 2.28. The van der Waals surface area contributed by atoms with E-state index in [1.165, 1.54) is 0 Å². The minimum atomic E-state index is -2.99. The van der Waals surface area contributed by atoms with Crippen LogP contribution in [0.1, 0.15) is 0 Å². The van der Waals surface area contributed by atoms with Crippen molar-refractivity contribution >= 4 is 33.8 Å². The molecule has 30 heavy (non-hydrogen) atoms. The zero-order valence-electron chi connectivity index (χ0n) is 16.5. The largest absolute Gasteiger partial charge is 0.309 e. The summed E-state index contributed by atoms with van der Waals surface area (Å²) >= 11 is 0. The monoisotopic (exact) mass is 404 g/mol. The molecule has 0 saturated heterocycles. The minimum Gasteiger partial charge on any atom is -0.309 e. The maximum Gasteiger partial charge on any atom is 0.171 e. The van der Waals surface area contributed by atoms with E-state index >= 15 is 0 Å². The van der Waals surface area contributed by atoms with E-state index in [-0.39, 0.29) is 0 Å². The Morgan fingerprint density at radius 3 is 1.60 bits per heavy atom. The average molecular weight is 404 g/mol. The van der Waals surface area contributed by atoms with Crippen LogP contribution in [0.2, 0.25) is 0 Å². The van der Waals surface area contributed by atoms with Gasteiger partial charge in [-0.15, -0.1) is 0 Å². The van der Waals surface area contributed by atoms with Crippen molar-refractivity contribution in [1.82, 2.24) is 0 Å². The lowest BCUT2D eigenvalue weighted by atomic mass is 10.1. The van der Waals surface area contributed by atoms with Gasteiger partial charge in [0.15, 0.2) is 7.14 Å². The predicted molar refractivity (Wildman–Crippen MR) is 129 cm³/mol.